The number of fused-ring (bicyclic) bond motifs is 2. The van der Waals surface area contributed by atoms with Crippen molar-refractivity contribution in [3.63, 3.8) is 0 Å². The summed E-state index contributed by atoms with van der Waals surface area (Å²) in [5.74, 6) is -2.87. The Morgan fingerprint density at radius 3 is 2.89 bits per heavy atom. The first-order valence-corrected chi connectivity index (χ1v) is 11.6. The standard InChI is InChI=1S/C23H25F3N8O2/c1-35-21-20-16(14-2-3-17-18(10-14)33(9-6-24)31-29-17)4-8-34(20)30-22(28-21)27-19-5-7-32(13-23(19,25)26)15-11-36-12-15/h2-4,8,10,15,19H,5-7,9,11-13H2,1H3,(H,27,30)/i15D. The summed E-state index contributed by atoms with van der Waals surface area (Å²) in [6.07, 6.45) is 1.82. The third kappa shape index (κ3) is 3.91. The minimum Gasteiger partial charge on any atom is -0.479 e. The zero-order chi connectivity index (χ0) is 25.8. The van der Waals surface area contributed by atoms with E-state index in [2.05, 4.69) is 25.7 Å². The lowest BCUT2D eigenvalue weighted by molar-refractivity contribution is -0.131. The number of methoxy groups -OCH3 is 1. The van der Waals surface area contributed by atoms with Crippen LogP contribution in [0.3, 0.4) is 0 Å². The fourth-order valence-corrected chi connectivity index (χ4v) is 4.73. The largest absolute Gasteiger partial charge is 0.479 e. The fourth-order valence-electron chi connectivity index (χ4n) is 4.73. The van der Waals surface area contributed by atoms with Gasteiger partial charge in [-0.15, -0.1) is 10.2 Å². The molecule has 4 aromatic rings. The second-order valence-corrected chi connectivity index (χ2v) is 8.90. The molecule has 1 aromatic carbocycles. The van der Waals surface area contributed by atoms with Gasteiger partial charge in [0.05, 0.1) is 52.4 Å². The van der Waals surface area contributed by atoms with Crippen LogP contribution in [0.5, 0.6) is 5.88 Å². The molecule has 190 valence electrons. The predicted molar refractivity (Wildman–Crippen MR) is 125 cm³/mol. The Balaban J connectivity index is 1.29. The lowest BCUT2D eigenvalue weighted by atomic mass is 9.98. The molecular weight excluding hydrogens is 477 g/mol. The number of likely N-dealkylation sites (tertiary alicyclic amines) is 1. The van der Waals surface area contributed by atoms with E-state index in [1.807, 2.05) is 18.2 Å². The number of halogens is 3. The highest BCUT2D eigenvalue weighted by Gasteiger charge is 2.47. The summed E-state index contributed by atoms with van der Waals surface area (Å²) in [5.41, 5.74) is 3.43. The summed E-state index contributed by atoms with van der Waals surface area (Å²) >= 11 is 0. The maximum absolute atomic E-state index is 15.0. The fraction of sp³-hybridized carbons (Fsp3) is 0.478. The minimum atomic E-state index is -3.10. The van der Waals surface area contributed by atoms with Gasteiger partial charge in [-0.2, -0.15) is 4.98 Å². The summed E-state index contributed by atoms with van der Waals surface area (Å²) < 4.78 is 64.9. The van der Waals surface area contributed by atoms with Gasteiger partial charge in [-0.05, 0) is 30.2 Å². The molecule has 10 nitrogen and oxygen atoms in total. The van der Waals surface area contributed by atoms with E-state index >= 15 is 8.78 Å². The van der Waals surface area contributed by atoms with Gasteiger partial charge in [-0.25, -0.2) is 22.4 Å². The molecule has 6 rings (SSSR count). The number of piperidine rings is 1. The van der Waals surface area contributed by atoms with Gasteiger partial charge < -0.3 is 14.8 Å². The lowest BCUT2D eigenvalue weighted by Crippen LogP contribution is -2.61. The van der Waals surface area contributed by atoms with Crippen LogP contribution in [-0.4, -0.2) is 92.6 Å². The van der Waals surface area contributed by atoms with Crippen molar-refractivity contribution in [3.8, 4) is 17.0 Å². The molecule has 36 heavy (non-hydrogen) atoms. The topological polar surface area (TPSA) is 94.6 Å². The van der Waals surface area contributed by atoms with E-state index < -0.39 is 31.2 Å². The molecule has 0 spiro atoms. The van der Waals surface area contributed by atoms with Crippen molar-refractivity contribution in [2.75, 3.05) is 45.4 Å². The number of nitrogens with zero attached hydrogens (tertiary/aromatic N) is 7. The molecule has 13 heteroatoms. The highest BCUT2D eigenvalue weighted by atomic mass is 19.3. The van der Waals surface area contributed by atoms with Crippen molar-refractivity contribution < 1.29 is 24.0 Å². The van der Waals surface area contributed by atoms with E-state index in [1.54, 1.807) is 12.3 Å². The number of aryl methyl sites for hydroxylation is 1. The molecule has 2 aliphatic heterocycles. The summed E-state index contributed by atoms with van der Waals surface area (Å²) in [5, 5.41) is 15.3. The van der Waals surface area contributed by atoms with Crippen LogP contribution in [0.1, 0.15) is 7.79 Å². The monoisotopic (exact) mass is 503 g/mol. The first kappa shape index (κ1) is 21.8. The average Bonchev–Trinajstić information content (AvgIpc) is 3.47. The Labute approximate surface area is 205 Å². The van der Waals surface area contributed by atoms with Gasteiger partial charge >= 0.3 is 0 Å². The highest BCUT2D eigenvalue weighted by Crippen LogP contribution is 2.35. The maximum atomic E-state index is 15.0. The van der Waals surface area contributed by atoms with Crippen molar-refractivity contribution in [1.29, 1.82) is 0 Å². The molecule has 0 saturated carbocycles. The molecule has 1 unspecified atom stereocenters. The maximum Gasteiger partial charge on any atom is 0.280 e. The normalized spacial score (nSPS) is 21.9. The Morgan fingerprint density at radius 2 is 2.17 bits per heavy atom. The van der Waals surface area contributed by atoms with Crippen LogP contribution < -0.4 is 10.1 Å². The highest BCUT2D eigenvalue weighted by molar-refractivity contribution is 5.89. The van der Waals surface area contributed by atoms with Crippen molar-refractivity contribution in [3.05, 3.63) is 30.5 Å². The van der Waals surface area contributed by atoms with Gasteiger partial charge in [0.25, 0.3) is 5.92 Å². The van der Waals surface area contributed by atoms with E-state index in [9.17, 15) is 4.39 Å². The Kier molecular flexibility index (Phi) is 5.38. The van der Waals surface area contributed by atoms with E-state index in [1.165, 1.54) is 21.2 Å². The van der Waals surface area contributed by atoms with Crippen LogP contribution >= 0.6 is 0 Å². The van der Waals surface area contributed by atoms with Crippen LogP contribution in [0.15, 0.2) is 30.5 Å². The minimum absolute atomic E-state index is 0.0119. The molecule has 0 aliphatic carbocycles. The number of rotatable bonds is 7. The van der Waals surface area contributed by atoms with Gasteiger partial charge in [0, 0.05) is 18.3 Å². The predicted octanol–water partition coefficient (Wildman–Crippen LogP) is 2.64. The van der Waals surface area contributed by atoms with Crippen LogP contribution in [-0.2, 0) is 11.3 Å². The third-order valence-corrected chi connectivity index (χ3v) is 6.68. The van der Waals surface area contributed by atoms with E-state index in [-0.39, 0.29) is 38.0 Å². The van der Waals surface area contributed by atoms with E-state index in [0.29, 0.717) is 23.1 Å². The summed E-state index contributed by atoms with van der Waals surface area (Å²) in [4.78, 5) is 5.86. The Hall–Kier alpha value is -3.45. The second-order valence-electron chi connectivity index (χ2n) is 8.90. The van der Waals surface area contributed by atoms with Crippen molar-refractivity contribution in [2.45, 2.75) is 30.9 Å². The van der Waals surface area contributed by atoms with Gasteiger partial charge in [0.2, 0.25) is 11.8 Å². The number of aromatic nitrogens is 6. The van der Waals surface area contributed by atoms with Crippen molar-refractivity contribution in [2.24, 2.45) is 0 Å². The summed E-state index contributed by atoms with van der Waals surface area (Å²) in [7, 11) is 1.45. The molecule has 2 aliphatic rings. The number of hydrogen-bond acceptors (Lipinski definition) is 8. The number of alkyl halides is 3. The molecule has 0 radical (unpaired) electrons. The molecule has 3 aromatic heterocycles. The van der Waals surface area contributed by atoms with Crippen LogP contribution in [0.2, 0.25) is 0 Å². The number of anilines is 1. The molecular formula is C23H25F3N8O2. The quantitative estimate of drug-likeness (QED) is 0.412. The van der Waals surface area contributed by atoms with E-state index in [0.717, 1.165) is 11.1 Å². The SMILES string of the molecule is [2H]C1(N2CCC(Nc3nc(OC)c4c(-c5ccc6nnn(CCF)c6c5)ccn4n3)C(F)(F)C2)COC1. The van der Waals surface area contributed by atoms with Gasteiger partial charge in [-0.3, -0.25) is 4.90 Å². The smallest absolute Gasteiger partial charge is 0.280 e. The van der Waals surface area contributed by atoms with Gasteiger partial charge in [0.15, 0.2) is 0 Å². The molecule has 1 atom stereocenters. The molecule has 0 amide bonds. The molecule has 5 heterocycles. The van der Waals surface area contributed by atoms with Crippen molar-refractivity contribution in [1.82, 2.24) is 34.5 Å². The van der Waals surface area contributed by atoms with Gasteiger partial charge in [-0.1, -0.05) is 11.3 Å². The Bertz CT molecular complexity index is 1460. The van der Waals surface area contributed by atoms with Gasteiger partial charge in [0.1, 0.15) is 17.7 Å². The summed E-state index contributed by atoms with van der Waals surface area (Å²) in [6.45, 7) is -0.403. The average molecular weight is 504 g/mol. The van der Waals surface area contributed by atoms with Crippen LogP contribution in [0.25, 0.3) is 27.7 Å². The lowest BCUT2D eigenvalue weighted by Gasteiger charge is -2.44. The van der Waals surface area contributed by atoms with Crippen LogP contribution in [0, 0.1) is 0 Å². The Morgan fingerprint density at radius 1 is 1.31 bits per heavy atom. The number of ether oxygens (including phenoxy) is 2. The zero-order valence-corrected chi connectivity index (χ0v) is 19.5. The first-order chi connectivity index (χ1) is 17.8. The zero-order valence-electron chi connectivity index (χ0n) is 20.5. The van der Waals surface area contributed by atoms with E-state index in [4.69, 9.17) is 10.8 Å². The second kappa shape index (κ2) is 8.89. The third-order valence-electron chi connectivity index (χ3n) is 6.68. The number of nitrogens with one attached hydrogen (secondary N) is 1. The number of hydrogen-bond donors (Lipinski definition) is 1. The molecule has 2 fully saturated rings. The number of benzene rings is 1. The van der Waals surface area contributed by atoms with Crippen LogP contribution in [0.4, 0.5) is 19.1 Å². The molecule has 0 bridgehead atoms. The summed E-state index contributed by atoms with van der Waals surface area (Å²) in [6, 6.07) is 5.05. The molecule has 2 saturated heterocycles. The molecule has 1 N–H and O–H groups in total. The van der Waals surface area contributed by atoms with Crippen molar-refractivity contribution >= 4 is 22.5 Å². The first-order valence-electron chi connectivity index (χ1n) is 12.1.